The number of carbonyl (C=O) groups is 2. The maximum absolute atomic E-state index is 13.7. The molecule has 1 unspecified atom stereocenters. The van der Waals surface area contributed by atoms with E-state index >= 15 is 0 Å². The monoisotopic (exact) mass is 524 g/mol. The Morgan fingerprint density at radius 1 is 1.09 bits per heavy atom. The van der Waals surface area contributed by atoms with E-state index in [4.69, 9.17) is 0 Å². The largest absolute Gasteiger partial charge is 0.330 e. The summed E-state index contributed by atoms with van der Waals surface area (Å²) >= 11 is 5.19. The van der Waals surface area contributed by atoms with Crippen molar-refractivity contribution in [3.8, 4) is 0 Å². The maximum Gasteiger partial charge on any atom is 0.254 e. The van der Waals surface area contributed by atoms with Gasteiger partial charge < -0.3 is 9.80 Å². The zero-order valence-electron chi connectivity index (χ0n) is 19.1. The molecule has 0 fully saturated rings. The molecule has 1 aromatic heterocycles. The Morgan fingerprint density at radius 3 is 2.52 bits per heavy atom. The summed E-state index contributed by atoms with van der Waals surface area (Å²) in [6.45, 7) is 5.50. The van der Waals surface area contributed by atoms with Gasteiger partial charge in [-0.3, -0.25) is 9.59 Å². The van der Waals surface area contributed by atoms with Crippen LogP contribution in [0.2, 0.25) is 0 Å². The summed E-state index contributed by atoms with van der Waals surface area (Å²) in [5.41, 5.74) is 4.13. The number of aryl methyl sites for hydroxylation is 1. The number of thiophene rings is 1. The van der Waals surface area contributed by atoms with Crippen molar-refractivity contribution in [2.24, 2.45) is 0 Å². The molecular formula is C27H29BrN2O2S. The lowest BCUT2D eigenvalue weighted by Crippen LogP contribution is -2.47. The summed E-state index contributed by atoms with van der Waals surface area (Å²) < 4.78 is 0.927. The highest BCUT2D eigenvalue weighted by Crippen LogP contribution is 2.38. The summed E-state index contributed by atoms with van der Waals surface area (Å²) in [6.07, 6.45) is 2.69. The van der Waals surface area contributed by atoms with E-state index in [-0.39, 0.29) is 24.4 Å². The minimum Gasteiger partial charge on any atom is -0.330 e. The molecule has 2 heterocycles. The van der Waals surface area contributed by atoms with Gasteiger partial charge in [0.25, 0.3) is 5.91 Å². The van der Waals surface area contributed by atoms with E-state index in [9.17, 15) is 9.59 Å². The number of fused-ring (bicyclic) bond motifs is 1. The normalized spacial score (nSPS) is 15.2. The Morgan fingerprint density at radius 2 is 1.82 bits per heavy atom. The van der Waals surface area contributed by atoms with Crippen LogP contribution in [-0.2, 0) is 11.2 Å². The van der Waals surface area contributed by atoms with Crippen LogP contribution >= 0.6 is 27.3 Å². The Kier molecular flexibility index (Phi) is 7.66. The first-order valence-electron chi connectivity index (χ1n) is 11.4. The van der Waals surface area contributed by atoms with E-state index in [1.807, 2.05) is 29.2 Å². The van der Waals surface area contributed by atoms with E-state index in [0.29, 0.717) is 18.7 Å². The topological polar surface area (TPSA) is 40.6 Å². The predicted molar refractivity (Wildman–Crippen MR) is 138 cm³/mol. The molecule has 0 radical (unpaired) electrons. The first-order valence-corrected chi connectivity index (χ1v) is 13.1. The molecule has 0 bridgehead atoms. The number of benzene rings is 2. The van der Waals surface area contributed by atoms with Gasteiger partial charge in [-0.2, -0.15) is 0 Å². The number of hydrogen-bond donors (Lipinski definition) is 0. The molecule has 6 heteroatoms. The lowest BCUT2D eigenvalue weighted by molar-refractivity contribution is -0.134. The van der Waals surface area contributed by atoms with Gasteiger partial charge in [0.15, 0.2) is 0 Å². The van der Waals surface area contributed by atoms with Crippen molar-refractivity contribution < 1.29 is 9.59 Å². The van der Waals surface area contributed by atoms with Crippen LogP contribution < -0.4 is 0 Å². The van der Waals surface area contributed by atoms with Gasteiger partial charge in [-0.05, 0) is 66.6 Å². The second-order valence-corrected chi connectivity index (χ2v) is 10.5. The molecule has 0 N–H and O–H groups in total. The summed E-state index contributed by atoms with van der Waals surface area (Å²) in [5.74, 6) is -0.0941. The van der Waals surface area contributed by atoms with Crippen LogP contribution in [-0.4, -0.2) is 41.2 Å². The fourth-order valence-corrected chi connectivity index (χ4v) is 5.49. The number of rotatable bonds is 7. The third kappa shape index (κ3) is 5.39. The van der Waals surface area contributed by atoms with Crippen LogP contribution in [0.5, 0.6) is 0 Å². The van der Waals surface area contributed by atoms with Gasteiger partial charge in [-0.1, -0.05) is 59.1 Å². The minimum absolute atomic E-state index is 0.000935. The quantitative estimate of drug-likeness (QED) is 0.367. The lowest BCUT2D eigenvalue weighted by atomic mass is 9.92. The maximum atomic E-state index is 13.7. The Bertz CT molecular complexity index is 1110. The van der Waals surface area contributed by atoms with Crippen molar-refractivity contribution >= 4 is 39.1 Å². The molecule has 1 atom stereocenters. The second-order valence-electron chi connectivity index (χ2n) is 8.54. The molecule has 33 heavy (non-hydrogen) atoms. The molecule has 0 spiro atoms. The van der Waals surface area contributed by atoms with Gasteiger partial charge >= 0.3 is 0 Å². The molecular weight excluding hydrogens is 496 g/mol. The smallest absolute Gasteiger partial charge is 0.254 e. The third-order valence-corrected chi connectivity index (χ3v) is 7.69. The average molecular weight is 526 g/mol. The van der Waals surface area contributed by atoms with Gasteiger partial charge in [-0.15, -0.1) is 11.3 Å². The van der Waals surface area contributed by atoms with Gasteiger partial charge in [0.1, 0.15) is 6.54 Å². The van der Waals surface area contributed by atoms with E-state index in [2.05, 4.69) is 65.5 Å². The standard InChI is InChI=1S/C27H29BrN2O2S/c1-3-4-15-29(27(32)21-9-11-22(28)12-10-21)18-25(31)30-16-13-24-23(14-17-33-24)26(30)20-7-5-19(2)6-8-20/h5-12,14,17,26H,3-4,13,15-16,18H2,1-2H3. The fraction of sp³-hybridized carbons (Fsp3) is 0.333. The molecule has 172 valence electrons. The lowest BCUT2D eigenvalue weighted by Gasteiger charge is -2.37. The summed E-state index contributed by atoms with van der Waals surface area (Å²) in [5, 5.41) is 2.12. The van der Waals surface area contributed by atoms with Crippen LogP contribution in [0.15, 0.2) is 64.5 Å². The van der Waals surface area contributed by atoms with Crippen LogP contribution in [0.3, 0.4) is 0 Å². The highest BCUT2D eigenvalue weighted by Gasteiger charge is 2.34. The molecule has 2 amide bonds. The predicted octanol–water partition coefficient (Wildman–Crippen LogP) is 6.24. The Hall–Kier alpha value is -2.44. The molecule has 0 saturated heterocycles. The molecule has 3 aromatic rings. The molecule has 2 aromatic carbocycles. The van der Waals surface area contributed by atoms with Crippen LogP contribution in [0, 0.1) is 6.92 Å². The molecule has 0 aliphatic carbocycles. The second kappa shape index (κ2) is 10.7. The minimum atomic E-state index is -0.107. The summed E-state index contributed by atoms with van der Waals surface area (Å²) in [7, 11) is 0. The zero-order valence-corrected chi connectivity index (χ0v) is 21.5. The molecule has 0 saturated carbocycles. The Balaban J connectivity index is 1.60. The number of nitrogens with zero attached hydrogens (tertiary/aromatic N) is 2. The van der Waals surface area contributed by atoms with E-state index in [1.165, 1.54) is 16.0 Å². The number of unbranched alkanes of at least 4 members (excludes halogenated alkanes) is 1. The van der Waals surface area contributed by atoms with Crippen molar-refractivity contribution in [3.63, 3.8) is 0 Å². The molecule has 1 aliphatic heterocycles. The molecule has 4 rings (SSSR count). The highest BCUT2D eigenvalue weighted by molar-refractivity contribution is 9.10. The van der Waals surface area contributed by atoms with E-state index < -0.39 is 0 Å². The highest BCUT2D eigenvalue weighted by atomic mass is 79.9. The van der Waals surface area contributed by atoms with Gasteiger partial charge in [0.05, 0.1) is 6.04 Å². The number of hydrogen-bond acceptors (Lipinski definition) is 3. The van der Waals surface area contributed by atoms with Crippen LogP contribution in [0.25, 0.3) is 0 Å². The van der Waals surface area contributed by atoms with Gasteiger partial charge in [0, 0.05) is 28.0 Å². The molecule has 1 aliphatic rings. The summed E-state index contributed by atoms with van der Waals surface area (Å²) in [4.78, 5) is 32.0. The van der Waals surface area contributed by atoms with E-state index in [0.717, 1.165) is 29.3 Å². The van der Waals surface area contributed by atoms with Crippen molar-refractivity contribution in [2.45, 2.75) is 39.2 Å². The van der Waals surface area contributed by atoms with Crippen LogP contribution in [0.4, 0.5) is 0 Å². The number of amides is 2. The number of halogens is 1. The van der Waals surface area contributed by atoms with E-state index in [1.54, 1.807) is 16.2 Å². The fourth-order valence-electron chi connectivity index (χ4n) is 4.32. The third-order valence-electron chi connectivity index (χ3n) is 6.17. The van der Waals surface area contributed by atoms with Gasteiger partial charge in [-0.25, -0.2) is 0 Å². The molecule has 4 nitrogen and oxygen atoms in total. The SMILES string of the molecule is CCCCN(CC(=O)N1CCc2sccc2C1c1ccc(C)cc1)C(=O)c1ccc(Br)cc1. The van der Waals surface area contributed by atoms with Crippen molar-refractivity contribution in [1.29, 1.82) is 0 Å². The average Bonchev–Trinajstić information content (AvgIpc) is 3.30. The van der Waals surface area contributed by atoms with Gasteiger partial charge in [0.2, 0.25) is 5.91 Å². The van der Waals surface area contributed by atoms with Crippen molar-refractivity contribution in [2.75, 3.05) is 19.6 Å². The summed E-state index contributed by atoms with van der Waals surface area (Å²) in [6, 6.07) is 17.8. The number of carbonyl (C=O) groups excluding carboxylic acids is 2. The van der Waals surface area contributed by atoms with Crippen molar-refractivity contribution in [1.82, 2.24) is 9.80 Å². The van der Waals surface area contributed by atoms with Crippen LogP contribution in [0.1, 0.15) is 57.7 Å². The first kappa shape index (κ1) is 23.7. The van der Waals surface area contributed by atoms with Crippen molar-refractivity contribution in [3.05, 3.63) is 91.6 Å². The zero-order chi connectivity index (χ0) is 23.4. The Labute approximate surface area is 208 Å². The first-order chi connectivity index (χ1) is 16.0.